The Labute approximate surface area is 175 Å². The second-order valence-electron chi connectivity index (χ2n) is 7.37. The van der Waals surface area contributed by atoms with Gasteiger partial charge in [0.15, 0.2) is 0 Å². The fourth-order valence-electron chi connectivity index (χ4n) is 3.71. The van der Waals surface area contributed by atoms with Crippen molar-refractivity contribution >= 4 is 11.6 Å². The molecule has 150 valence electrons. The molecule has 3 aromatic rings. The molecule has 1 aliphatic rings. The van der Waals surface area contributed by atoms with E-state index in [1.54, 1.807) is 18.6 Å². The second-order valence-corrected chi connectivity index (χ2v) is 7.78. The third-order valence-electron chi connectivity index (χ3n) is 5.23. The lowest BCUT2D eigenvalue weighted by Crippen LogP contribution is -2.33. The number of nitrogens with zero attached hydrogens (tertiary/aromatic N) is 2. The van der Waals surface area contributed by atoms with Crippen molar-refractivity contribution in [3.63, 3.8) is 0 Å². The van der Waals surface area contributed by atoms with Crippen molar-refractivity contribution in [3.05, 3.63) is 82.8 Å². The van der Waals surface area contributed by atoms with Gasteiger partial charge in [0, 0.05) is 35.8 Å². The van der Waals surface area contributed by atoms with Crippen molar-refractivity contribution in [1.82, 2.24) is 9.97 Å². The van der Waals surface area contributed by atoms with Gasteiger partial charge in [-0.3, -0.25) is 9.97 Å². The van der Waals surface area contributed by atoms with Gasteiger partial charge in [0.2, 0.25) is 0 Å². The smallest absolute Gasteiger partial charge is 0.0885 e. The molecule has 0 bridgehead atoms. The zero-order chi connectivity index (χ0) is 20.2. The summed E-state index contributed by atoms with van der Waals surface area (Å²) < 4.78 is 5.94. The first-order valence-corrected chi connectivity index (χ1v) is 10.1. The van der Waals surface area contributed by atoms with E-state index in [2.05, 4.69) is 22.1 Å². The lowest BCUT2D eigenvalue weighted by molar-refractivity contribution is -0.113. The molecule has 4 rings (SSSR count). The molecule has 0 aliphatic carbocycles. The summed E-state index contributed by atoms with van der Waals surface area (Å²) >= 11 is 6.45. The Bertz CT molecular complexity index is 950. The standard InChI is InChI=1S/C23H23ClN2O3/c24-21-6-5-17(23-12-19(28)11-20(14-27)29-23)10-18(21)9-15-1-3-16(4-2-15)22-13-25-7-8-26-22/h1-8,10,13,19-20,23,27-28H,9,11-12,14H2/t19-,20-,23+/m0/s1. The minimum atomic E-state index is -0.473. The zero-order valence-corrected chi connectivity index (χ0v) is 16.7. The molecule has 0 amide bonds. The second kappa shape index (κ2) is 9.01. The minimum absolute atomic E-state index is 0.0911. The molecule has 0 radical (unpaired) electrons. The van der Waals surface area contributed by atoms with E-state index in [1.165, 1.54) is 0 Å². The van der Waals surface area contributed by atoms with Gasteiger partial charge in [0.05, 0.1) is 36.8 Å². The highest BCUT2D eigenvalue weighted by molar-refractivity contribution is 6.31. The fourth-order valence-corrected chi connectivity index (χ4v) is 3.90. The van der Waals surface area contributed by atoms with Crippen molar-refractivity contribution < 1.29 is 14.9 Å². The Morgan fingerprint density at radius 2 is 1.90 bits per heavy atom. The van der Waals surface area contributed by atoms with Gasteiger partial charge in [-0.1, -0.05) is 48.0 Å². The van der Waals surface area contributed by atoms with E-state index in [0.717, 1.165) is 27.9 Å². The van der Waals surface area contributed by atoms with Crippen LogP contribution in [-0.2, 0) is 11.2 Å². The van der Waals surface area contributed by atoms with E-state index in [4.69, 9.17) is 16.3 Å². The lowest BCUT2D eigenvalue weighted by atomic mass is 9.94. The number of aromatic nitrogens is 2. The molecule has 0 spiro atoms. The molecule has 1 fully saturated rings. The minimum Gasteiger partial charge on any atom is -0.394 e. The largest absolute Gasteiger partial charge is 0.394 e. The van der Waals surface area contributed by atoms with E-state index in [-0.39, 0.29) is 18.8 Å². The summed E-state index contributed by atoms with van der Waals surface area (Å²) in [7, 11) is 0. The highest BCUT2D eigenvalue weighted by atomic mass is 35.5. The van der Waals surface area contributed by atoms with Crippen LogP contribution in [0.25, 0.3) is 11.3 Å². The topological polar surface area (TPSA) is 75.5 Å². The number of hydrogen-bond donors (Lipinski definition) is 2. The van der Waals surface area contributed by atoms with Gasteiger partial charge >= 0.3 is 0 Å². The van der Waals surface area contributed by atoms with Crippen LogP contribution in [0.2, 0.25) is 5.02 Å². The first kappa shape index (κ1) is 20.0. The van der Waals surface area contributed by atoms with Crippen LogP contribution in [0.1, 0.15) is 35.6 Å². The average molecular weight is 411 g/mol. The number of aliphatic hydroxyl groups excluding tert-OH is 2. The SMILES string of the molecule is OC[C@@H]1C[C@H](O)C[C@H](c2ccc(Cl)c(Cc3ccc(-c4cnccn4)cc3)c2)O1. The molecule has 0 unspecified atom stereocenters. The number of aliphatic hydroxyl groups is 2. The van der Waals surface area contributed by atoms with Gasteiger partial charge in [-0.2, -0.15) is 0 Å². The van der Waals surface area contributed by atoms with Crippen molar-refractivity contribution in [2.24, 2.45) is 0 Å². The average Bonchev–Trinajstić information content (AvgIpc) is 2.76. The van der Waals surface area contributed by atoms with Gasteiger partial charge in [-0.15, -0.1) is 0 Å². The number of benzene rings is 2. The van der Waals surface area contributed by atoms with Gasteiger partial charge in [-0.05, 0) is 29.2 Å². The molecule has 0 saturated carbocycles. The van der Waals surface area contributed by atoms with Crippen LogP contribution < -0.4 is 0 Å². The van der Waals surface area contributed by atoms with Gasteiger partial charge in [-0.25, -0.2) is 0 Å². The number of rotatable bonds is 5. The first-order valence-electron chi connectivity index (χ1n) is 9.70. The maximum Gasteiger partial charge on any atom is 0.0885 e. The molecule has 6 heteroatoms. The maximum absolute atomic E-state index is 10.1. The van der Waals surface area contributed by atoms with Gasteiger partial charge < -0.3 is 14.9 Å². The summed E-state index contributed by atoms with van der Waals surface area (Å²) in [5.41, 5.74) is 4.96. The van der Waals surface area contributed by atoms with E-state index in [1.807, 2.05) is 30.3 Å². The van der Waals surface area contributed by atoms with E-state index >= 15 is 0 Å². The Kier molecular flexibility index (Phi) is 6.21. The molecule has 29 heavy (non-hydrogen) atoms. The number of hydrogen-bond acceptors (Lipinski definition) is 5. The first-order chi connectivity index (χ1) is 14.1. The summed E-state index contributed by atoms with van der Waals surface area (Å²) in [5, 5.41) is 20.2. The van der Waals surface area contributed by atoms with Crippen molar-refractivity contribution in [3.8, 4) is 11.3 Å². The normalized spacial score (nSPS) is 21.8. The molecular formula is C23H23ClN2O3. The van der Waals surface area contributed by atoms with E-state index in [0.29, 0.717) is 24.3 Å². The monoisotopic (exact) mass is 410 g/mol. The Hall–Kier alpha value is -2.31. The maximum atomic E-state index is 10.1. The Morgan fingerprint density at radius 3 is 2.62 bits per heavy atom. The third-order valence-corrected chi connectivity index (χ3v) is 5.60. The van der Waals surface area contributed by atoms with Crippen molar-refractivity contribution in [1.29, 1.82) is 0 Å². The van der Waals surface area contributed by atoms with Crippen LogP contribution in [-0.4, -0.2) is 39.0 Å². The lowest BCUT2D eigenvalue weighted by Gasteiger charge is -2.32. The highest BCUT2D eigenvalue weighted by Gasteiger charge is 2.29. The summed E-state index contributed by atoms with van der Waals surface area (Å²) in [6.07, 6.45) is 5.70. The Morgan fingerprint density at radius 1 is 1.07 bits per heavy atom. The summed E-state index contributed by atoms with van der Waals surface area (Å²) in [6.45, 7) is -0.0911. The van der Waals surface area contributed by atoms with E-state index in [9.17, 15) is 10.2 Å². The van der Waals surface area contributed by atoms with Crippen LogP contribution in [0.4, 0.5) is 0 Å². The predicted molar refractivity (Wildman–Crippen MR) is 112 cm³/mol. The molecule has 2 aromatic carbocycles. The van der Waals surface area contributed by atoms with Crippen molar-refractivity contribution in [2.75, 3.05) is 6.61 Å². The fraction of sp³-hybridized carbons (Fsp3) is 0.304. The van der Waals surface area contributed by atoms with Crippen LogP contribution in [0.3, 0.4) is 0 Å². The molecule has 2 N–H and O–H groups in total. The number of ether oxygens (including phenoxy) is 1. The molecule has 5 nitrogen and oxygen atoms in total. The molecule has 3 atom stereocenters. The van der Waals surface area contributed by atoms with E-state index < -0.39 is 6.10 Å². The molecule has 1 aromatic heterocycles. The van der Waals surface area contributed by atoms with Crippen LogP contribution in [0.15, 0.2) is 61.1 Å². The summed E-state index contributed by atoms with van der Waals surface area (Å²) in [5.74, 6) is 0. The molecule has 2 heterocycles. The molecule has 1 saturated heterocycles. The van der Waals surface area contributed by atoms with Gasteiger partial charge in [0.25, 0.3) is 0 Å². The zero-order valence-electron chi connectivity index (χ0n) is 15.9. The molecule has 1 aliphatic heterocycles. The predicted octanol–water partition coefficient (Wildman–Crippen LogP) is 3.96. The van der Waals surface area contributed by atoms with Crippen molar-refractivity contribution in [2.45, 2.75) is 37.6 Å². The third kappa shape index (κ3) is 4.82. The van der Waals surface area contributed by atoms with Gasteiger partial charge in [0.1, 0.15) is 0 Å². The van der Waals surface area contributed by atoms with Crippen LogP contribution >= 0.6 is 11.6 Å². The number of halogens is 1. The molecular weight excluding hydrogens is 388 g/mol. The highest BCUT2D eigenvalue weighted by Crippen LogP contribution is 2.33. The van der Waals surface area contributed by atoms with Crippen LogP contribution in [0.5, 0.6) is 0 Å². The summed E-state index contributed by atoms with van der Waals surface area (Å²) in [6, 6.07) is 14.0. The summed E-state index contributed by atoms with van der Waals surface area (Å²) in [4.78, 5) is 8.43. The quantitative estimate of drug-likeness (QED) is 0.665. The Balaban J connectivity index is 1.52. The van der Waals surface area contributed by atoms with Crippen LogP contribution in [0, 0.1) is 0 Å².